The summed E-state index contributed by atoms with van der Waals surface area (Å²) in [6, 6.07) is 3.66. The van der Waals surface area contributed by atoms with E-state index in [-0.39, 0.29) is 17.5 Å². The molecule has 0 saturated carbocycles. The van der Waals surface area contributed by atoms with Crippen LogP contribution in [0.25, 0.3) is 0 Å². The van der Waals surface area contributed by atoms with Gasteiger partial charge in [-0.3, -0.25) is 9.59 Å². The molecule has 1 unspecified atom stereocenters. The molecule has 132 valence electrons. The number of amides is 1. The lowest BCUT2D eigenvalue weighted by molar-refractivity contribution is 0.0725. The average molecular weight is 422 g/mol. The Bertz CT molecular complexity index is 860. The van der Waals surface area contributed by atoms with Crippen molar-refractivity contribution in [2.24, 2.45) is 0 Å². The number of likely N-dealkylation sites (tertiary alicyclic amines) is 1. The fraction of sp³-hybridized carbons (Fsp3) is 0.500. The molecule has 1 aliphatic heterocycles. The second-order valence-corrected chi connectivity index (χ2v) is 8.59. The first kappa shape index (κ1) is 17.0. The van der Waals surface area contributed by atoms with E-state index >= 15 is 0 Å². The predicted octanol–water partition coefficient (Wildman–Crippen LogP) is 3.25. The van der Waals surface area contributed by atoms with E-state index in [1.807, 2.05) is 16.3 Å². The van der Waals surface area contributed by atoms with Gasteiger partial charge >= 0.3 is 0 Å². The van der Waals surface area contributed by atoms with Crippen LogP contribution in [0.3, 0.4) is 0 Å². The number of carbonyl (C=O) groups is 1. The summed E-state index contributed by atoms with van der Waals surface area (Å²) in [5.74, 6) is 0.0595. The van der Waals surface area contributed by atoms with Crippen LogP contribution >= 0.6 is 27.3 Å². The van der Waals surface area contributed by atoms with Crippen LogP contribution in [-0.4, -0.2) is 33.2 Å². The van der Waals surface area contributed by atoms with Gasteiger partial charge in [-0.1, -0.05) is 0 Å². The van der Waals surface area contributed by atoms with Crippen LogP contribution < -0.4 is 5.56 Å². The molecule has 0 N–H and O–H groups in total. The van der Waals surface area contributed by atoms with Gasteiger partial charge in [0.05, 0.1) is 23.2 Å². The highest BCUT2D eigenvalue weighted by molar-refractivity contribution is 9.10. The topological polar surface area (TPSA) is 55.2 Å². The molecule has 0 aromatic carbocycles. The average Bonchev–Trinajstić information content (AvgIpc) is 3.24. The van der Waals surface area contributed by atoms with Crippen molar-refractivity contribution in [2.75, 3.05) is 6.54 Å². The maximum Gasteiger partial charge on any atom is 0.267 e. The Morgan fingerprint density at radius 2 is 2.12 bits per heavy atom. The maximum absolute atomic E-state index is 12.8. The lowest BCUT2D eigenvalue weighted by atomic mass is 9.97. The molecule has 1 fully saturated rings. The first-order chi connectivity index (χ1) is 12.1. The van der Waals surface area contributed by atoms with Crippen molar-refractivity contribution in [3.05, 3.63) is 48.5 Å². The monoisotopic (exact) mass is 421 g/mol. The molecular weight excluding hydrogens is 402 g/mol. The number of nitrogens with zero attached hydrogens (tertiary/aromatic N) is 3. The van der Waals surface area contributed by atoms with Gasteiger partial charge in [-0.15, -0.1) is 11.3 Å². The minimum absolute atomic E-state index is 0.0419. The summed E-state index contributed by atoms with van der Waals surface area (Å²) in [4.78, 5) is 27.9. The SMILES string of the molecule is O=C(c1cc(Br)cs1)N1CCCC1Cn1nc2c(cc1=O)CCCC2. The van der Waals surface area contributed by atoms with Crippen LogP contribution in [0, 0.1) is 0 Å². The zero-order chi connectivity index (χ0) is 17.4. The molecule has 3 heterocycles. The van der Waals surface area contributed by atoms with Crippen molar-refractivity contribution >= 4 is 33.2 Å². The van der Waals surface area contributed by atoms with E-state index in [9.17, 15) is 9.59 Å². The van der Waals surface area contributed by atoms with Crippen molar-refractivity contribution in [3.63, 3.8) is 0 Å². The lowest BCUT2D eigenvalue weighted by Gasteiger charge is -2.25. The van der Waals surface area contributed by atoms with Gasteiger partial charge < -0.3 is 4.90 Å². The maximum atomic E-state index is 12.8. The van der Waals surface area contributed by atoms with Crippen molar-refractivity contribution in [3.8, 4) is 0 Å². The van der Waals surface area contributed by atoms with Gasteiger partial charge in [-0.2, -0.15) is 5.10 Å². The number of aryl methyl sites for hydroxylation is 2. The van der Waals surface area contributed by atoms with E-state index in [0.717, 1.165) is 65.7 Å². The second-order valence-electron chi connectivity index (χ2n) is 6.77. The predicted molar refractivity (Wildman–Crippen MR) is 101 cm³/mol. The molecule has 0 radical (unpaired) electrons. The number of aromatic nitrogens is 2. The first-order valence-electron chi connectivity index (χ1n) is 8.77. The van der Waals surface area contributed by atoms with Crippen LogP contribution in [0.15, 0.2) is 26.8 Å². The standard InChI is InChI=1S/C18H20BrN3O2S/c19-13-9-16(25-11-13)18(24)21-7-3-5-14(21)10-22-17(23)8-12-4-1-2-6-15(12)20-22/h8-9,11,14H,1-7,10H2. The molecule has 7 heteroatoms. The van der Waals surface area contributed by atoms with Crippen molar-refractivity contribution in [2.45, 2.75) is 51.1 Å². The molecule has 2 aromatic rings. The molecule has 1 saturated heterocycles. The Hall–Kier alpha value is -1.47. The van der Waals surface area contributed by atoms with E-state index in [2.05, 4.69) is 21.0 Å². The Labute approximate surface area is 158 Å². The molecule has 0 spiro atoms. The highest BCUT2D eigenvalue weighted by atomic mass is 79.9. The number of thiophene rings is 1. The fourth-order valence-electron chi connectivity index (χ4n) is 3.79. The molecule has 25 heavy (non-hydrogen) atoms. The van der Waals surface area contributed by atoms with Gasteiger partial charge in [-0.05, 0) is 66.1 Å². The summed E-state index contributed by atoms with van der Waals surface area (Å²) < 4.78 is 2.51. The Kier molecular flexibility index (Phi) is 4.78. The summed E-state index contributed by atoms with van der Waals surface area (Å²) in [7, 11) is 0. The smallest absolute Gasteiger partial charge is 0.267 e. The third-order valence-electron chi connectivity index (χ3n) is 5.07. The number of carbonyl (C=O) groups excluding carboxylic acids is 1. The molecule has 4 rings (SSSR count). The van der Waals surface area contributed by atoms with E-state index in [0.29, 0.717) is 6.54 Å². The minimum Gasteiger partial charge on any atom is -0.333 e. The molecule has 1 aliphatic carbocycles. The zero-order valence-corrected chi connectivity index (χ0v) is 16.3. The molecular formula is C18H20BrN3O2S. The van der Waals surface area contributed by atoms with E-state index in [4.69, 9.17) is 0 Å². The summed E-state index contributed by atoms with van der Waals surface area (Å²) in [6.07, 6.45) is 6.08. The van der Waals surface area contributed by atoms with E-state index in [1.165, 1.54) is 11.3 Å². The first-order valence-corrected chi connectivity index (χ1v) is 10.4. The highest BCUT2D eigenvalue weighted by Gasteiger charge is 2.31. The third kappa shape index (κ3) is 3.44. The minimum atomic E-state index is -0.0428. The molecule has 2 aliphatic rings. The Balaban J connectivity index is 1.55. The molecule has 0 bridgehead atoms. The Morgan fingerprint density at radius 3 is 2.92 bits per heavy atom. The van der Waals surface area contributed by atoms with Crippen molar-refractivity contribution in [1.29, 1.82) is 0 Å². The van der Waals surface area contributed by atoms with E-state index < -0.39 is 0 Å². The summed E-state index contributed by atoms with van der Waals surface area (Å²) >= 11 is 4.86. The van der Waals surface area contributed by atoms with Crippen molar-refractivity contribution < 1.29 is 4.79 Å². The van der Waals surface area contributed by atoms with Gasteiger partial charge in [-0.25, -0.2) is 4.68 Å². The number of rotatable bonds is 3. The van der Waals surface area contributed by atoms with Crippen LogP contribution in [-0.2, 0) is 19.4 Å². The van der Waals surface area contributed by atoms with Crippen LogP contribution in [0.1, 0.15) is 46.6 Å². The number of hydrogen-bond donors (Lipinski definition) is 0. The third-order valence-corrected chi connectivity index (χ3v) is 6.75. The van der Waals surface area contributed by atoms with Crippen LogP contribution in [0.5, 0.6) is 0 Å². The van der Waals surface area contributed by atoms with Gasteiger partial charge in [0, 0.05) is 22.5 Å². The lowest BCUT2D eigenvalue weighted by Crippen LogP contribution is -2.40. The summed E-state index contributed by atoms with van der Waals surface area (Å²) in [5.41, 5.74) is 2.12. The van der Waals surface area contributed by atoms with Gasteiger partial charge in [0.25, 0.3) is 11.5 Å². The van der Waals surface area contributed by atoms with Crippen LogP contribution in [0.4, 0.5) is 0 Å². The largest absolute Gasteiger partial charge is 0.333 e. The molecule has 1 amide bonds. The number of fused-ring (bicyclic) bond motifs is 1. The summed E-state index contributed by atoms with van der Waals surface area (Å²) in [5, 5.41) is 6.53. The van der Waals surface area contributed by atoms with Gasteiger partial charge in [0.2, 0.25) is 0 Å². The normalized spacial score (nSPS) is 19.9. The van der Waals surface area contributed by atoms with Crippen LogP contribution in [0.2, 0.25) is 0 Å². The van der Waals surface area contributed by atoms with Gasteiger partial charge in [0.1, 0.15) is 0 Å². The molecule has 2 aromatic heterocycles. The summed E-state index contributed by atoms with van der Waals surface area (Å²) in [6.45, 7) is 1.24. The zero-order valence-electron chi connectivity index (χ0n) is 13.9. The highest BCUT2D eigenvalue weighted by Crippen LogP contribution is 2.26. The Morgan fingerprint density at radius 1 is 1.28 bits per heavy atom. The molecule has 1 atom stereocenters. The number of hydrogen-bond acceptors (Lipinski definition) is 4. The quantitative estimate of drug-likeness (QED) is 0.763. The fourth-order valence-corrected chi connectivity index (χ4v) is 5.17. The second kappa shape index (κ2) is 7.03. The van der Waals surface area contributed by atoms with E-state index in [1.54, 1.807) is 10.7 Å². The van der Waals surface area contributed by atoms with Gasteiger partial charge in [0.15, 0.2) is 0 Å². The van der Waals surface area contributed by atoms with Crippen molar-refractivity contribution in [1.82, 2.24) is 14.7 Å². The molecule has 5 nitrogen and oxygen atoms in total. The number of halogens is 1.